The standard InChI is InChI=1S/C11H17BrN2O3S/c1-7-11(12)9(14(2)13-7)5-10(15)8-3-4-18(16,17)6-8/h8,10,15H,3-6H2,1-2H3. The van der Waals surface area contributed by atoms with Crippen LogP contribution in [0, 0.1) is 12.8 Å². The summed E-state index contributed by atoms with van der Waals surface area (Å²) >= 11 is 3.45. The Kier molecular flexibility index (Phi) is 3.85. The molecule has 2 unspecified atom stereocenters. The van der Waals surface area contributed by atoms with E-state index in [1.807, 2.05) is 14.0 Å². The Labute approximate surface area is 115 Å². The van der Waals surface area contributed by atoms with Crippen LogP contribution in [0.2, 0.25) is 0 Å². The highest BCUT2D eigenvalue weighted by molar-refractivity contribution is 9.10. The number of aliphatic hydroxyl groups excluding tert-OH is 1. The maximum absolute atomic E-state index is 11.4. The van der Waals surface area contributed by atoms with Gasteiger partial charge in [-0.25, -0.2) is 8.42 Å². The minimum Gasteiger partial charge on any atom is -0.392 e. The number of sulfone groups is 1. The molecule has 102 valence electrons. The summed E-state index contributed by atoms with van der Waals surface area (Å²) in [7, 11) is -1.12. The summed E-state index contributed by atoms with van der Waals surface area (Å²) in [6, 6.07) is 0. The fourth-order valence-electron chi connectivity index (χ4n) is 2.39. The average molecular weight is 337 g/mol. The summed E-state index contributed by atoms with van der Waals surface area (Å²) < 4.78 is 25.4. The van der Waals surface area contributed by atoms with Gasteiger partial charge in [-0.15, -0.1) is 0 Å². The molecule has 2 rings (SSSR count). The summed E-state index contributed by atoms with van der Waals surface area (Å²) in [5.74, 6) is 0.139. The first-order valence-electron chi connectivity index (χ1n) is 5.86. The number of aryl methyl sites for hydroxylation is 2. The van der Waals surface area contributed by atoms with Crippen LogP contribution in [-0.2, 0) is 23.3 Å². The summed E-state index contributed by atoms with van der Waals surface area (Å²) in [6.45, 7) is 1.89. The van der Waals surface area contributed by atoms with E-state index >= 15 is 0 Å². The largest absolute Gasteiger partial charge is 0.392 e. The van der Waals surface area contributed by atoms with Gasteiger partial charge in [0.1, 0.15) is 0 Å². The Bertz CT molecular complexity index is 553. The van der Waals surface area contributed by atoms with Gasteiger partial charge in [0.2, 0.25) is 0 Å². The van der Waals surface area contributed by atoms with Crippen molar-refractivity contribution >= 4 is 25.8 Å². The number of aliphatic hydroxyl groups is 1. The van der Waals surface area contributed by atoms with Crippen LogP contribution in [-0.4, -0.2) is 40.9 Å². The monoisotopic (exact) mass is 336 g/mol. The number of halogens is 1. The van der Waals surface area contributed by atoms with Crippen molar-refractivity contribution in [2.75, 3.05) is 11.5 Å². The molecule has 7 heteroatoms. The van der Waals surface area contributed by atoms with E-state index in [9.17, 15) is 13.5 Å². The number of hydrogen-bond donors (Lipinski definition) is 1. The molecule has 0 aliphatic carbocycles. The summed E-state index contributed by atoms with van der Waals surface area (Å²) in [5, 5.41) is 14.4. The first-order valence-corrected chi connectivity index (χ1v) is 8.48. The molecule has 2 atom stereocenters. The quantitative estimate of drug-likeness (QED) is 0.887. The number of rotatable bonds is 3. The fourth-order valence-corrected chi connectivity index (χ4v) is 4.76. The van der Waals surface area contributed by atoms with Crippen molar-refractivity contribution in [1.29, 1.82) is 0 Å². The third kappa shape index (κ3) is 2.78. The van der Waals surface area contributed by atoms with Crippen molar-refractivity contribution in [1.82, 2.24) is 9.78 Å². The van der Waals surface area contributed by atoms with Gasteiger partial charge >= 0.3 is 0 Å². The Morgan fingerprint density at radius 3 is 2.72 bits per heavy atom. The van der Waals surface area contributed by atoms with Gasteiger partial charge in [0.05, 0.1) is 33.5 Å². The Morgan fingerprint density at radius 1 is 1.61 bits per heavy atom. The Hall–Kier alpha value is -0.400. The van der Waals surface area contributed by atoms with Gasteiger partial charge < -0.3 is 5.11 Å². The van der Waals surface area contributed by atoms with Crippen LogP contribution in [0.3, 0.4) is 0 Å². The highest BCUT2D eigenvalue weighted by Crippen LogP contribution is 2.27. The van der Waals surface area contributed by atoms with Gasteiger partial charge in [-0.2, -0.15) is 5.10 Å². The van der Waals surface area contributed by atoms with Crippen molar-refractivity contribution in [2.45, 2.75) is 25.9 Å². The molecule has 18 heavy (non-hydrogen) atoms. The predicted octanol–water partition coefficient (Wildman–Crippen LogP) is 0.829. The van der Waals surface area contributed by atoms with E-state index in [-0.39, 0.29) is 17.4 Å². The van der Waals surface area contributed by atoms with E-state index < -0.39 is 15.9 Å². The average Bonchev–Trinajstić information content (AvgIpc) is 2.74. The van der Waals surface area contributed by atoms with Crippen molar-refractivity contribution in [3.63, 3.8) is 0 Å². The van der Waals surface area contributed by atoms with E-state index in [0.29, 0.717) is 12.8 Å². The van der Waals surface area contributed by atoms with Crippen LogP contribution in [0.1, 0.15) is 17.8 Å². The van der Waals surface area contributed by atoms with Crippen LogP contribution in [0.25, 0.3) is 0 Å². The molecule has 1 saturated heterocycles. The van der Waals surface area contributed by atoms with Crippen LogP contribution in [0.15, 0.2) is 4.47 Å². The molecule has 1 fully saturated rings. The van der Waals surface area contributed by atoms with E-state index in [1.165, 1.54) is 0 Å². The lowest BCUT2D eigenvalue weighted by Crippen LogP contribution is -2.25. The minimum absolute atomic E-state index is 0.0998. The van der Waals surface area contributed by atoms with Gasteiger partial charge in [-0.3, -0.25) is 4.68 Å². The molecule has 2 heterocycles. The summed E-state index contributed by atoms with van der Waals surface area (Å²) in [4.78, 5) is 0. The molecule has 0 bridgehead atoms. The normalized spacial score (nSPS) is 24.3. The van der Waals surface area contributed by atoms with Gasteiger partial charge in [-0.05, 0) is 29.3 Å². The molecule has 0 aromatic carbocycles. The fraction of sp³-hybridized carbons (Fsp3) is 0.727. The third-order valence-corrected chi connectivity index (χ3v) is 6.30. The first-order chi connectivity index (χ1) is 8.30. The molecule has 0 radical (unpaired) electrons. The smallest absolute Gasteiger partial charge is 0.150 e. The van der Waals surface area contributed by atoms with Crippen LogP contribution < -0.4 is 0 Å². The molecular weight excluding hydrogens is 320 g/mol. The van der Waals surface area contributed by atoms with Gasteiger partial charge in [0, 0.05) is 19.4 Å². The van der Waals surface area contributed by atoms with Crippen molar-refractivity contribution < 1.29 is 13.5 Å². The lowest BCUT2D eigenvalue weighted by Gasteiger charge is -2.16. The second-order valence-corrected chi connectivity index (χ2v) is 7.93. The lowest BCUT2D eigenvalue weighted by molar-refractivity contribution is 0.118. The predicted molar refractivity (Wildman–Crippen MR) is 72.1 cm³/mol. The molecule has 1 aliphatic rings. The second-order valence-electron chi connectivity index (χ2n) is 4.90. The van der Waals surface area contributed by atoms with Crippen molar-refractivity contribution in [2.24, 2.45) is 13.0 Å². The number of nitrogens with zero attached hydrogens (tertiary/aromatic N) is 2. The van der Waals surface area contributed by atoms with Crippen molar-refractivity contribution in [3.05, 3.63) is 15.9 Å². The van der Waals surface area contributed by atoms with E-state index in [2.05, 4.69) is 21.0 Å². The zero-order valence-electron chi connectivity index (χ0n) is 10.4. The van der Waals surface area contributed by atoms with Crippen LogP contribution in [0.5, 0.6) is 0 Å². The van der Waals surface area contributed by atoms with Crippen LogP contribution in [0.4, 0.5) is 0 Å². The molecule has 1 aromatic rings. The highest BCUT2D eigenvalue weighted by atomic mass is 79.9. The van der Waals surface area contributed by atoms with Crippen molar-refractivity contribution in [3.8, 4) is 0 Å². The van der Waals surface area contributed by atoms with E-state index in [4.69, 9.17) is 0 Å². The summed E-state index contributed by atoms with van der Waals surface area (Å²) in [6.07, 6.45) is 0.351. The maximum atomic E-state index is 11.4. The highest BCUT2D eigenvalue weighted by Gasteiger charge is 2.33. The molecule has 5 nitrogen and oxygen atoms in total. The molecule has 1 N–H and O–H groups in total. The zero-order valence-corrected chi connectivity index (χ0v) is 12.8. The van der Waals surface area contributed by atoms with E-state index in [1.54, 1.807) is 4.68 Å². The molecule has 1 aliphatic heterocycles. The first kappa shape index (κ1) is 14.0. The number of aromatic nitrogens is 2. The Balaban J connectivity index is 2.10. The summed E-state index contributed by atoms with van der Waals surface area (Å²) in [5.41, 5.74) is 1.78. The molecule has 0 spiro atoms. The van der Waals surface area contributed by atoms with Gasteiger partial charge in [0.15, 0.2) is 9.84 Å². The van der Waals surface area contributed by atoms with Gasteiger partial charge in [-0.1, -0.05) is 0 Å². The van der Waals surface area contributed by atoms with Gasteiger partial charge in [0.25, 0.3) is 0 Å². The maximum Gasteiger partial charge on any atom is 0.150 e. The molecule has 0 amide bonds. The number of hydrogen-bond acceptors (Lipinski definition) is 4. The minimum atomic E-state index is -2.94. The lowest BCUT2D eigenvalue weighted by atomic mass is 9.98. The second kappa shape index (κ2) is 4.94. The Morgan fingerprint density at radius 2 is 2.28 bits per heavy atom. The molecule has 0 saturated carbocycles. The van der Waals surface area contributed by atoms with E-state index in [0.717, 1.165) is 15.9 Å². The SMILES string of the molecule is Cc1nn(C)c(CC(O)C2CCS(=O)(=O)C2)c1Br. The topological polar surface area (TPSA) is 72.2 Å². The molecule has 1 aromatic heterocycles. The third-order valence-electron chi connectivity index (χ3n) is 3.48. The zero-order chi connectivity index (χ0) is 13.5. The molecular formula is C11H17BrN2O3S. The van der Waals surface area contributed by atoms with Crippen LogP contribution >= 0.6 is 15.9 Å².